The summed E-state index contributed by atoms with van der Waals surface area (Å²) in [7, 11) is 0. The number of anilines is 1. The molecular formula is C10H9ClN2O2. The molecule has 0 saturated heterocycles. The minimum atomic E-state index is -0.629. The molecule has 0 saturated carbocycles. The average molecular weight is 225 g/mol. The van der Waals surface area contributed by atoms with E-state index < -0.39 is 6.04 Å². The summed E-state index contributed by atoms with van der Waals surface area (Å²) in [5, 5.41) is 5.68. The first kappa shape index (κ1) is 9.98. The summed E-state index contributed by atoms with van der Waals surface area (Å²) in [6, 6.07) is 4.57. The van der Waals surface area contributed by atoms with Crippen LogP contribution in [0.5, 0.6) is 0 Å². The van der Waals surface area contributed by atoms with Gasteiger partial charge >= 0.3 is 0 Å². The number of halogens is 1. The van der Waals surface area contributed by atoms with Crippen LogP contribution in [-0.4, -0.2) is 11.8 Å². The number of hydrogen-bond acceptors (Lipinski definition) is 2. The lowest BCUT2D eigenvalue weighted by Gasteiger charge is -2.08. The van der Waals surface area contributed by atoms with Crippen molar-refractivity contribution >= 4 is 29.1 Å². The van der Waals surface area contributed by atoms with Crippen LogP contribution in [0.25, 0.3) is 0 Å². The van der Waals surface area contributed by atoms with Crippen molar-refractivity contribution in [2.45, 2.75) is 13.0 Å². The number of fused-ring (bicyclic) bond motifs is 1. The number of para-hydroxylation sites is 1. The molecule has 0 aromatic heterocycles. The Labute approximate surface area is 91.6 Å². The van der Waals surface area contributed by atoms with Crippen LogP contribution >= 0.6 is 11.6 Å². The van der Waals surface area contributed by atoms with Gasteiger partial charge in [-0.15, -0.1) is 0 Å². The molecule has 2 N–H and O–H groups in total. The maximum absolute atomic E-state index is 11.5. The highest BCUT2D eigenvalue weighted by Gasteiger charge is 2.32. The fourth-order valence-corrected chi connectivity index (χ4v) is 1.83. The monoisotopic (exact) mass is 224 g/mol. The van der Waals surface area contributed by atoms with Crippen molar-refractivity contribution in [1.82, 2.24) is 5.32 Å². The summed E-state index contributed by atoms with van der Waals surface area (Å²) >= 11 is 5.91. The summed E-state index contributed by atoms with van der Waals surface area (Å²) in [4.78, 5) is 22.5. The molecule has 5 heteroatoms. The lowest BCUT2D eigenvalue weighted by atomic mass is 10.1. The van der Waals surface area contributed by atoms with Gasteiger partial charge in [-0.1, -0.05) is 23.7 Å². The van der Waals surface area contributed by atoms with E-state index in [0.29, 0.717) is 16.3 Å². The second-order valence-electron chi connectivity index (χ2n) is 3.33. The van der Waals surface area contributed by atoms with Crippen LogP contribution in [0.15, 0.2) is 18.2 Å². The topological polar surface area (TPSA) is 58.2 Å². The van der Waals surface area contributed by atoms with E-state index in [1.807, 2.05) is 0 Å². The predicted octanol–water partition coefficient (Wildman–Crippen LogP) is 1.47. The number of carbonyl (C=O) groups excluding carboxylic acids is 2. The van der Waals surface area contributed by atoms with E-state index in [9.17, 15) is 9.59 Å². The quantitative estimate of drug-likeness (QED) is 0.759. The number of carbonyl (C=O) groups is 2. The first-order chi connectivity index (χ1) is 7.09. The Bertz CT molecular complexity index is 445. The third-order valence-electron chi connectivity index (χ3n) is 2.21. The molecule has 1 aliphatic rings. The van der Waals surface area contributed by atoms with Crippen molar-refractivity contribution in [3.63, 3.8) is 0 Å². The maximum atomic E-state index is 11.5. The Hall–Kier alpha value is -1.55. The average Bonchev–Trinajstić information content (AvgIpc) is 2.45. The normalized spacial score (nSPS) is 18.3. The molecule has 0 bridgehead atoms. The lowest BCUT2D eigenvalue weighted by Crippen LogP contribution is -2.30. The number of benzene rings is 1. The van der Waals surface area contributed by atoms with Crippen molar-refractivity contribution in [2.75, 3.05) is 5.32 Å². The Morgan fingerprint density at radius 3 is 2.93 bits per heavy atom. The van der Waals surface area contributed by atoms with E-state index in [-0.39, 0.29) is 11.8 Å². The standard InChI is InChI=1S/C10H9ClN2O2/c1-5(14)12-9-6-3-2-4-7(11)8(6)13-10(9)15/h2-4,9H,1H3,(H,12,14)(H,13,15). The van der Waals surface area contributed by atoms with Gasteiger partial charge in [0, 0.05) is 12.5 Å². The number of nitrogens with one attached hydrogen (secondary N) is 2. The van der Waals surface area contributed by atoms with Crippen molar-refractivity contribution in [2.24, 2.45) is 0 Å². The highest BCUT2D eigenvalue weighted by atomic mass is 35.5. The summed E-state index contributed by atoms with van der Waals surface area (Å²) < 4.78 is 0. The van der Waals surface area contributed by atoms with E-state index in [2.05, 4.69) is 10.6 Å². The van der Waals surface area contributed by atoms with Gasteiger partial charge in [0.15, 0.2) is 0 Å². The van der Waals surface area contributed by atoms with Crippen molar-refractivity contribution in [1.29, 1.82) is 0 Å². The minimum absolute atomic E-state index is 0.247. The Balaban J connectivity index is 2.41. The van der Waals surface area contributed by atoms with Gasteiger partial charge in [0.2, 0.25) is 5.91 Å². The van der Waals surface area contributed by atoms with Crippen LogP contribution in [0.2, 0.25) is 5.02 Å². The van der Waals surface area contributed by atoms with Gasteiger partial charge < -0.3 is 10.6 Å². The lowest BCUT2D eigenvalue weighted by molar-refractivity contribution is -0.124. The molecule has 1 aromatic rings. The summed E-state index contributed by atoms with van der Waals surface area (Å²) in [5.74, 6) is -0.503. The van der Waals surface area contributed by atoms with Crippen LogP contribution in [0.4, 0.5) is 5.69 Å². The molecule has 0 fully saturated rings. The summed E-state index contributed by atoms with van der Waals surface area (Å²) in [6.07, 6.45) is 0. The molecule has 0 radical (unpaired) electrons. The first-order valence-corrected chi connectivity index (χ1v) is 4.84. The molecular weight excluding hydrogens is 216 g/mol. The Kier molecular flexibility index (Phi) is 2.36. The fourth-order valence-electron chi connectivity index (χ4n) is 1.60. The molecule has 0 aliphatic carbocycles. The fraction of sp³-hybridized carbons (Fsp3) is 0.200. The molecule has 2 rings (SSSR count). The van der Waals surface area contributed by atoms with Gasteiger partial charge in [-0.05, 0) is 6.07 Å². The van der Waals surface area contributed by atoms with Crippen molar-refractivity contribution in [3.05, 3.63) is 28.8 Å². The third-order valence-corrected chi connectivity index (χ3v) is 2.53. The van der Waals surface area contributed by atoms with Gasteiger partial charge in [-0.25, -0.2) is 0 Å². The van der Waals surface area contributed by atoms with E-state index >= 15 is 0 Å². The molecule has 4 nitrogen and oxygen atoms in total. The molecule has 1 unspecified atom stereocenters. The molecule has 0 spiro atoms. The number of amides is 2. The molecule has 78 valence electrons. The molecule has 1 atom stereocenters. The van der Waals surface area contributed by atoms with Crippen molar-refractivity contribution in [3.8, 4) is 0 Å². The predicted molar refractivity (Wildman–Crippen MR) is 56.6 cm³/mol. The molecule has 1 aromatic carbocycles. The van der Waals surface area contributed by atoms with Crippen LogP contribution in [0.1, 0.15) is 18.5 Å². The Morgan fingerprint density at radius 1 is 1.53 bits per heavy atom. The number of rotatable bonds is 1. The van der Waals surface area contributed by atoms with E-state index in [1.54, 1.807) is 18.2 Å². The molecule has 1 aliphatic heterocycles. The minimum Gasteiger partial charge on any atom is -0.341 e. The van der Waals surface area contributed by atoms with Crippen LogP contribution in [0.3, 0.4) is 0 Å². The maximum Gasteiger partial charge on any atom is 0.251 e. The molecule has 1 heterocycles. The zero-order valence-electron chi connectivity index (χ0n) is 8.00. The first-order valence-electron chi connectivity index (χ1n) is 4.46. The van der Waals surface area contributed by atoms with Crippen molar-refractivity contribution < 1.29 is 9.59 Å². The highest BCUT2D eigenvalue weighted by molar-refractivity contribution is 6.34. The van der Waals surface area contributed by atoms with Gasteiger partial charge in [0.1, 0.15) is 6.04 Å². The van der Waals surface area contributed by atoms with E-state index in [4.69, 9.17) is 11.6 Å². The van der Waals surface area contributed by atoms with Gasteiger partial charge in [0.25, 0.3) is 5.91 Å². The highest BCUT2D eigenvalue weighted by Crippen LogP contribution is 2.36. The van der Waals surface area contributed by atoms with E-state index in [1.165, 1.54) is 6.92 Å². The Morgan fingerprint density at radius 2 is 2.27 bits per heavy atom. The molecule has 15 heavy (non-hydrogen) atoms. The largest absolute Gasteiger partial charge is 0.341 e. The summed E-state index contributed by atoms with van der Waals surface area (Å²) in [5.41, 5.74) is 1.30. The zero-order chi connectivity index (χ0) is 11.0. The molecule has 2 amide bonds. The van der Waals surface area contributed by atoms with Crippen LogP contribution < -0.4 is 10.6 Å². The van der Waals surface area contributed by atoms with Gasteiger partial charge in [0.05, 0.1) is 10.7 Å². The third kappa shape index (κ3) is 1.68. The summed E-state index contributed by atoms with van der Waals surface area (Å²) in [6.45, 7) is 1.37. The SMILES string of the molecule is CC(=O)NC1C(=O)Nc2c(Cl)cccc21. The van der Waals surface area contributed by atoms with Crippen LogP contribution in [-0.2, 0) is 9.59 Å². The second-order valence-corrected chi connectivity index (χ2v) is 3.73. The number of hydrogen-bond donors (Lipinski definition) is 2. The zero-order valence-corrected chi connectivity index (χ0v) is 8.76. The van der Waals surface area contributed by atoms with Crippen LogP contribution in [0, 0.1) is 0 Å². The van der Waals surface area contributed by atoms with E-state index in [0.717, 1.165) is 0 Å². The second kappa shape index (κ2) is 3.55. The van der Waals surface area contributed by atoms with Gasteiger partial charge in [-0.2, -0.15) is 0 Å². The smallest absolute Gasteiger partial charge is 0.251 e. The van der Waals surface area contributed by atoms with Gasteiger partial charge in [-0.3, -0.25) is 9.59 Å².